The molecule has 0 unspecified atom stereocenters. The van der Waals surface area contributed by atoms with Gasteiger partial charge in [-0.25, -0.2) is 9.97 Å². The monoisotopic (exact) mass is 436 g/mol. The highest BCUT2D eigenvalue weighted by Gasteiger charge is 2.36. The second-order valence-corrected chi connectivity index (χ2v) is 8.75. The average Bonchev–Trinajstić information content (AvgIpc) is 3.32. The number of carbonyl (C=O) groups excluding carboxylic acids is 2. The third kappa shape index (κ3) is 4.76. The van der Waals surface area contributed by atoms with E-state index in [1.165, 1.54) is 6.42 Å². The van der Waals surface area contributed by atoms with E-state index in [9.17, 15) is 9.59 Å². The van der Waals surface area contributed by atoms with Gasteiger partial charge in [-0.05, 0) is 38.7 Å². The van der Waals surface area contributed by atoms with Crippen LogP contribution in [0, 0.1) is 12.8 Å². The Hall–Kier alpha value is -2.96. The summed E-state index contributed by atoms with van der Waals surface area (Å²) < 4.78 is 5.34. The van der Waals surface area contributed by atoms with Crippen molar-refractivity contribution in [3.8, 4) is 5.75 Å². The maximum Gasteiger partial charge on any atom is 0.254 e. The van der Waals surface area contributed by atoms with Gasteiger partial charge in [0.1, 0.15) is 5.75 Å². The standard InChI is InChI=1S/C25H32N4O3/c1-17-20(24(30)27-15-19-11-6-7-13-22(19)32-2)16-26-23(28-17)21-12-8-14-29(21)25(31)18-9-4-3-5-10-18/h6-7,11,13,16,18,21H,3-5,8-10,12,14-15H2,1-2H3,(H,27,30)/t21-/m0/s1. The summed E-state index contributed by atoms with van der Waals surface area (Å²) in [6.45, 7) is 2.95. The first-order chi connectivity index (χ1) is 15.6. The Labute approximate surface area is 189 Å². The smallest absolute Gasteiger partial charge is 0.254 e. The van der Waals surface area contributed by atoms with E-state index in [0.29, 0.717) is 23.6 Å². The molecule has 2 aromatic rings. The minimum atomic E-state index is -0.221. The lowest BCUT2D eigenvalue weighted by molar-refractivity contribution is -0.137. The Balaban J connectivity index is 1.44. The third-order valence-electron chi connectivity index (χ3n) is 6.66. The summed E-state index contributed by atoms with van der Waals surface area (Å²) in [4.78, 5) is 37.0. The van der Waals surface area contributed by atoms with Gasteiger partial charge in [0.25, 0.3) is 5.91 Å². The number of nitrogens with one attached hydrogen (secondary N) is 1. The van der Waals surface area contributed by atoms with Crippen molar-refractivity contribution in [2.75, 3.05) is 13.7 Å². The molecule has 1 atom stereocenters. The summed E-state index contributed by atoms with van der Waals surface area (Å²) in [7, 11) is 1.61. The number of hydrogen-bond acceptors (Lipinski definition) is 5. The molecular formula is C25H32N4O3. The summed E-state index contributed by atoms with van der Waals surface area (Å²) in [5.74, 6) is 1.56. The summed E-state index contributed by atoms with van der Waals surface area (Å²) in [6, 6.07) is 7.51. The fourth-order valence-corrected chi connectivity index (χ4v) is 4.87. The molecule has 2 amide bonds. The van der Waals surface area contributed by atoms with E-state index in [1.54, 1.807) is 13.3 Å². The maximum atomic E-state index is 13.1. The number of aryl methyl sites for hydroxylation is 1. The van der Waals surface area contributed by atoms with Crippen molar-refractivity contribution < 1.29 is 14.3 Å². The molecule has 1 aromatic heterocycles. The number of carbonyl (C=O) groups is 2. The molecule has 1 saturated heterocycles. The van der Waals surface area contributed by atoms with E-state index >= 15 is 0 Å². The predicted molar refractivity (Wildman–Crippen MR) is 121 cm³/mol. The predicted octanol–water partition coefficient (Wildman–Crippen LogP) is 3.97. The number of methoxy groups -OCH3 is 1. The first-order valence-electron chi connectivity index (χ1n) is 11.6. The first kappa shape index (κ1) is 22.2. The number of rotatable bonds is 6. The number of benzene rings is 1. The van der Waals surface area contributed by atoms with Crippen LogP contribution < -0.4 is 10.1 Å². The van der Waals surface area contributed by atoms with Crippen molar-refractivity contribution in [1.82, 2.24) is 20.2 Å². The van der Waals surface area contributed by atoms with Crippen molar-refractivity contribution in [2.45, 2.75) is 64.5 Å². The molecule has 7 nitrogen and oxygen atoms in total. The van der Waals surface area contributed by atoms with Crippen LogP contribution in [0.5, 0.6) is 5.75 Å². The first-order valence-corrected chi connectivity index (χ1v) is 11.6. The highest BCUT2D eigenvalue weighted by molar-refractivity contribution is 5.94. The molecule has 1 aromatic carbocycles. The van der Waals surface area contributed by atoms with Crippen LogP contribution in [-0.2, 0) is 11.3 Å². The van der Waals surface area contributed by atoms with Gasteiger partial charge in [-0.1, -0.05) is 37.5 Å². The summed E-state index contributed by atoms with van der Waals surface area (Å²) in [6.07, 6.45) is 8.93. The van der Waals surface area contributed by atoms with Gasteiger partial charge in [0.2, 0.25) is 5.91 Å². The summed E-state index contributed by atoms with van der Waals surface area (Å²) >= 11 is 0. The number of para-hydroxylation sites is 1. The molecule has 1 saturated carbocycles. The highest BCUT2D eigenvalue weighted by atomic mass is 16.5. The Kier molecular flexibility index (Phi) is 7.02. The second kappa shape index (κ2) is 10.1. The van der Waals surface area contributed by atoms with Crippen molar-refractivity contribution >= 4 is 11.8 Å². The van der Waals surface area contributed by atoms with Crippen molar-refractivity contribution in [3.63, 3.8) is 0 Å². The van der Waals surface area contributed by atoms with Gasteiger partial charge in [0.05, 0.1) is 24.4 Å². The van der Waals surface area contributed by atoms with Gasteiger partial charge < -0.3 is 15.0 Å². The van der Waals surface area contributed by atoms with Crippen molar-refractivity contribution in [1.29, 1.82) is 0 Å². The lowest BCUT2D eigenvalue weighted by atomic mass is 9.88. The molecule has 1 aliphatic carbocycles. The zero-order valence-electron chi connectivity index (χ0n) is 19.0. The van der Waals surface area contributed by atoms with E-state index in [2.05, 4.69) is 15.3 Å². The van der Waals surface area contributed by atoms with Gasteiger partial charge in [-0.2, -0.15) is 0 Å². The van der Waals surface area contributed by atoms with E-state index in [4.69, 9.17) is 4.74 Å². The van der Waals surface area contributed by atoms with Crippen LogP contribution in [0.2, 0.25) is 0 Å². The van der Waals surface area contributed by atoms with E-state index < -0.39 is 0 Å². The molecule has 2 fully saturated rings. The van der Waals surface area contributed by atoms with Crippen LogP contribution in [-0.4, -0.2) is 40.3 Å². The molecular weight excluding hydrogens is 404 g/mol. The maximum absolute atomic E-state index is 13.1. The van der Waals surface area contributed by atoms with Crippen LogP contribution in [0.15, 0.2) is 30.5 Å². The Morgan fingerprint density at radius 3 is 2.66 bits per heavy atom. The highest BCUT2D eigenvalue weighted by Crippen LogP contribution is 2.34. The molecule has 4 rings (SSSR count). The number of hydrogen-bond donors (Lipinski definition) is 1. The number of likely N-dealkylation sites (tertiary alicyclic amines) is 1. The van der Waals surface area contributed by atoms with E-state index in [1.807, 2.05) is 36.1 Å². The molecule has 2 aliphatic rings. The lowest BCUT2D eigenvalue weighted by Gasteiger charge is -2.30. The lowest BCUT2D eigenvalue weighted by Crippen LogP contribution is -2.37. The minimum Gasteiger partial charge on any atom is -0.496 e. The largest absolute Gasteiger partial charge is 0.496 e. The summed E-state index contributed by atoms with van der Waals surface area (Å²) in [5.41, 5.74) is 1.98. The normalized spacial score (nSPS) is 19.1. The number of aromatic nitrogens is 2. The van der Waals surface area contributed by atoms with Gasteiger partial charge in [0, 0.05) is 30.8 Å². The van der Waals surface area contributed by atoms with Crippen LogP contribution in [0.4, 0.5) is 0 Å². The molecule has 170 valence electrons. The van der Waals surface area contributed by atoms with Crippen molar-refractivity contribution in [2.24, 2.45) is 5.92 Å². The topological polar surface area (TPSA) is 84.4 Å². The number of nitrogens with zero attached hydrogens (tertiary/aromatic N) is 3. The Morgan fingerprint density at radius 2 is 1.91 bits per heavy atom. The quantitative estimate of drug-likeness (QED) is 0.741. The second-order valence-electron chi connectivity index (χ2n) is 8.75. The van der Waals surface area contributed by atoms with E-state index in [0.717, 1.165) is 56.4 Å². The molecule has 2 heterocycles. The Morgan fingerprint density at radius 1 is 1.12 bits per heavy atom. The molecule has 0 spiro atoms. The molecule has 0 radical (unpaired) electrons. The summed E-state index contributed by atoms with van der Waals surface area (Å²) in [5, 5.41) is 2.93. The Bertz CT molecular complexity index is 971. The van der Waals surface area contributed by atoms with E-state index in [-0.39, 0.29) is 23.8 Å². The van der Waals surface area contributed by atoms with Crippen LogP contribution in [0.1, 0.15) is 78.4 Å². The number of amides is 2. The van der Waals surface area contributed by atoms with Crippen LogP contribution >= 0.6 is 0 Å². The van der Waals surface area contributed by atoms with Gasteiger partial charge in [0.15, 0.2) is 5.82 Å². The van der Waals surface area contributed by atoms with Gasteiger partial charge in [-0.15, -0.1) is 0 Å². The van der Waals surface area contributed by atoms with Crippen LogP contribution in [0.25, 0.3) is 0 Å². The van der Waals surface area contributed by atoms with Crippen LogP contribution in [0.3, 0.4) is 0 Å². The van der Waals surface area contributed by atoms with Crippen molar-refractivity contribution in [3.05, 3.63) is 53.1 Å². The molecule has 1 aliphatic heterocycles. The van der Waals surface area contributed by atoms with Gasteiger partial charge in [-0.3, -0.25) is 9.59 Å². The molecule has 1 N–H and O–H groups in total. The third-order valence-corrected chi connectivity index (χ3v) is 6.66. The molecule has 7 heteroatoms. The molecule has 0 bridgehead atoms. The fraction of sp³-hybridized carbons (Fsp3) is 0.520. The SMILES string of the molecule is COc1ccccc1CNC(=O)c1cnc([C@@H]2CCCN2C(=O)C2CCCCC2)nc1C. The minimum absolute atomic E-state index is 0.0891. The average molecular weight is 437 g/mol. The van der Waals surface area contributed by atoms with Gasteiger partial charge >= 0.3 is 0 Å². The fourth-order valence-electron chi connectivity index (χ4n) is 4.87. The zero-order valence-corrected chi connectivity index (χ0v) is 19.0. The number of ether oxygens (including phenoxy) is 1. The zero-order chi connectivity index (χ0) is 22.5. The molecule has 32 heavy (non-hydrogen) atoms.